The molecule has 1 aromatic rings. The molecule has 1 N–H and O–H groups in total. The van der Waals surface area contributed by atoms with Crippen LogP contribution in [0.4, 0.5) is 0 Å². The molecular formula is C16H18O3. The standard InChI is InChI=1S/C14H12O3.C2H6/c15-12-8-6-11(7-9-12)14(17)13(16)10-4-2-1-3-5-10;1-2/h2,4-9,15H,1,3H2;1-2H3. The zero-order chi connectivity index (χ0) is 14.3. The van der Waals surface area contributed by atoms with Crippen LogP contribution in [-0.2, 0) is 4.79 Å². The summed E-state index contributed by atoms with van der Waals surface area (Å²) in [5, 5.41) is 9.11. The van der Waals surface area contributed by atoms with Crippen LogP contribution in [0.3, 0.4) is 0 Å². The minimum Gasteiger partial charge on any atom is -0.508 e. The predicted octanol–water partition coefficient (Wildman–Crippen LogP) is 3.45. The van der Waals surface area contributed by atoms with Crippen LogP contribution >= 0.6 is 0 Å². The number of phenols is 1. The third-order valence-electron chi connectivity index (χ3n) is 2.59. The lowest BCUT2D eigenvalue weighted by Crippen LogP contribution is -2.16. The van der Waals surface area contributed by atoms with Gasteiger partial charge in [0.05, 0.1) is 0 Å². The second-order valence-corrected chi connectivity index (χ2v) is 3.84. The first-order chi connectivity index (χ1) is 9.18. The first kappa shape index (κ1) is 14.9. The molecule has 0 amide bonds. The van der Waals surface area contributed by atoms with Gasteiger partial charge in [-0.2, -0.15) is 0 Å². The highest BCUT2D eigenvalue weighted by molar-refractivity contribution is 6.49. The Morgan fingerprint density at radius 1 is 1.00 bits per heavy atom. The number of aromatic hydroxyl groups is 1. The summed E-state index contributed by atoms with van der Waals surface area (Å²) in [7, 11) is 0. The van der Waals surface area contributed by atoms with Crippen LogP contribution in [-0.4, -0.2) is 16.7 Å². The quantitative estimate of drug-likeness (QED) is 0.667. The molecule has 2 rings (SSSR count). The molecule has 1 aromatic carbocycles. The van der Waals surface area contributed by atoms with Crippen molar-refractivity contribution in [3.8, 4) is 5.75 Å². The second-order valence-electron chi connectivity index (χ2n) is 3.84. The topological polar surface area (TPSA) is 54.4 Å². The maximum Gasteiger partial charge on any atom is 0.233 e. The van der Waals surface area contributed by atoms with Crippen molar-refractivity contribution in [1.29, 1.82) is 0 Å². The van der Waals surface area contributed by atoms with Gasteiger partial charge in [-0.25, -0.2) is 0 Å². The molecule has 1 aliphatic carbocycles. The molecule has 0 fully saturated rings. The molecule has 0 aromatic heterocycles. The van der Waals surface area contributed by atoms with Gasteiger partial charge in [-0.05, 0) is 37.1 Å². The van der Waals surface area contributed by atoms with Crippen molar-refractivity contribution in [3.63, 3.8) is 0 Å². The molecule has 0 heterocycles. The molecule has 0 saturated heterocycles. The number of ketones is 2. The van der Waals surface area contributed by atoms with Crippen LogP contribution in [0.25, 0.3) is 0 Å². The van der Waals surface area contributed by atoms with E-state index in [2.05, 4.69) is 0 Å². The molecule has 0 unspecified atom stereocenters. The smallest absolute Gasteiger partial charge is 0.233 e. The summed E-state index contributed by atoms with van der Waals surface area (Å²) < 4.78 is 0. The zero-order valence-corrected chi connectivity index (χ0v) is 11.2. The summed E-state index contributed by atoms with van der Waals surface area (Å²) in [5.74, 6) is -0.958. The Balaban J connectivity index is 0.000000861. The fourth-order valence-corrected chi connectivity index (χ4v) is 1.66. The molecule has 1 aliphatic rings. The Bertz CT molecular complexity index is 507. The number of Topliss-reactive ketones (excluding diaryl/α,β-unsaturated/α-hetero) is 2. The average molecular weight is 258 g/mol. The highest BCUT2D eigenvalue weighted by Crippen LogP contribution is 2.15. The average Bonchev–Trinajstić information content (AvgIpc) is 2.49. The molecule has 0 saturated carbocycles. The van der Waals surface area contributed by atoms with E-state index in [-0.39, 0.29) is 5.75 Å². The largest absolute Gasteiger partial charge is 0.508 e. The first-order valence-electron chi connectivity index (χ1n) is 6.43. The van der Waals surface area contributed by atoms with Crippen LogP contribution in [0.15, 0.2) is 48.1 Å². The molecular weight excluding hydrogens is 240 g/mol. The third kappa shape index (κ3) is 3.91. The van der Waals surface area contributed by atoms with Crippen molar-refractivity contribution in [2.45, 2.75) is 26.7 Å². The Morgan fingerprint density at radius 2 is 1.63 bits per heavy atom. The lowest BCUT2D eigenvalue weighted by Gasteiger charge is -2.05. The summed E-state index contributed by atoms with van der Waals surface area (Å²) in [6, 6.07) is 5.68. The van der Waals surface area contributed by atoms with Gasteiger partial charge in [0.1, 0.15) is 5.75 Å². The van der Waals surface area contributed by atoms with Gasteiger partial charge in [0.25, 0.3) is 0 Å². The van der Waals surface area contributed by atoms with E-state index >= 15 is 0 Å². The number of hydrogen-bond acceptors (Lipinski definition) is 3. The van der Waals surface area contributed by atoms with E-state index in [1.54, 1.807) is 12.2 Å². The highest BCUT2D eigenvalue weighted by atomic mass is 16.3. The Kier molecular flexibility index (Phi) is 5.73. The maximum atomic E-state index is 11.9. The van der Waals surface area contributed by atoms with Gasteiger partial charge in [0.15, 0.2) is 0 Å². The van der Waals surface area contributed by atoms with E-state index in [0.29, 0.717) is 11.1 Å². The number of benzene rings is 1. The van der Waals surface area contributed by atoms with E-state index in [0.717, 1.165) is 12.8 Å². The van der Waals surface area contributed by atoms with Crippen molar-refractivity contribution in [2.75, 3.05) is 0 Å². The van der Waals surface area contributed by atoms with Crippen molar-refractivity contribution < 1.29 is 14.7 Å². The lowest BCUT2D eigenvalue weighted by molar-refractivity contribution is -0.111. The predicted molar refractivity (Wildman–Crippen MR) is 75.2 cm³/mol. The Hall–Kier alpha value is -2.16. The van der Waals surface area contributed by atoms with Gasteiger partial charge in [-0.1, -0.05) is 32.1 Å². The summed E-state index contributed by atoms with van der Waals surface area (Å²) in [5.41, 5.74) is 0.752. The molecule has 0 radical (unpaired) electrons. The van der Waals surface area contributed by atoms with Gasteiger partial charge < -0.3 is 5.11 Å². The van der Waals surface area contributed by atoms with Gasteiger partial charge in [0.2, 0.25) is 11.6 Å². The van der Waals surface area contributed by atoms with Crippen LogP contribution in [0.5, 0.6) is 5.75 Å². The van der Waals surface area contributed by atoms with Crippen LogP contribution in [0.1, 0.15) is 37.0 Å². The normalized spacial score (nSPS) is 13.1. The van der Waals surface area contributed by atoms with Gasteiger partial charge in [-0.15, -0.1) is 0 Å². The summed E-state index contributed by atoms with van der Waals surface area (Å²) in [6.07, 6.45) is 7.05. The fourth-order valence-electron chi connectivity index (χ4n) is 1.66. The molecule has 0 atom stereocenters. The molecule has 100 valence electrons. The highest BCUT2D eigenvalue weighted by Gasteiger charge is 2.19. The van der Waals surface area contributed by atoms with Crippen molar-refractivity contribution in [2.24, 2.45) is 0 Å². The van der Waals surface area contributed by atoms with Gasteiger partial charge >= 0.3 is 0 Å². The molecule has 0 bridgehead atoms. The Labute approximate surface area is 113 Å². The number of phenolic OH excluding ortho intramolecular Hbond substituents is 1. The number of carbonyl (C=O) groups is 2. The monoisotopic (exact) mass is 258 g/mol. The van der Waals surface area contributed by atoms with E-state index in [9.17, 15) is 9.59 Å². The molecule has 3 nitrogen and oxygen atoms in total. The van der Waals surface area contributed by atoms with E-state index in [1.807, 2.05) is 19.9 Å². The van der Waals surface area contributed by atoms with Crippen LogP contribution in [0, 0.1) is 0 Å². The third-order valence-corrected chi connectivity index (χ3v) is 2.59. The fraction of sp³-hybridized carbons (Fsp3) is 0.250. The van der Waals surface area contributed by atoms with Crippen molar-refractivity contribution >= 4 is 11.6 Å². The minimum absolute atomic E-state index is 0.0748. The Morgan fingerprint density at radius 3 is 2.16 bits per heavy atom. The molecule has 3 heteroatoms. The minimum atomic E-state index is -0.539. The van der Waals surface area contributed by atoms with Crippen molar-refractivity contribution in [1.82, 2.24) is 0 Å². The van der Waals surface area contributed by atoms with Crippen LogP contribution in [0.2, 0.25) is 0 Å². The molecule has 0 spiro atoms. The maximum absolute atomic E-state index is 11.9. The molecule has 0 aliphatic heterocycles. The number of carbonyl (C=O) groups excluding carboxylic acids is 2. The van der Waals surface area contributed by atoms with E-state index in [1.165, 1.54) is 24.3 Å². The SMILES string of the molecule is CC.O=C(C(=O)c1ccc(O)cc1)C1=CCCC=C1. The molecule has 19 heavy (non-hydrogen) atoms. The first-order valence-corrected chi connectivity index (χ1v) is 6.43. The summed E-state index contributed by atoms with van der Waals surface area (Å²) >= 11 is 0. The number of rotatable bonds is 3. The zero-order valence-electron chi connectivity index (χ0n) is 11.2. The van der Waals surface area contributed by atoms with Crippen LogP contribution < -0.4 is 0 Å². The van der Waals surface area contributed by atoms with E-state index < -0.39 is 11.6 Å². The number of hydrogen-bond donors (Lipinski definition) is 1. The number of allylic oxidation sites excluding steroid dienone is 4. The lowest BCUT2D eigenvalue weighted by atomic mass is 9.97. The van der Waals surface area contributed by atoms with Crippen molar-refractivity contribution in [3.05, 3.63) is 53.6 Å². The second kappa shape index (κ2) is 7.31. The van der Waals surface area contributed by atoms with Gasteiger partial charge in [-0.3, -0.25) is 9.59 Å². The summed E-state index contributed by atoms with van der Waals surface area (Å²) in [4.78, 5) is 23.7. The van der Waals surface area contributed by atoms with Gasteiger partial charge in [0, 0.05) is 11.1 Å². The van der Waals surface area contributed by atoms with E-state index in [4.69, 9.17) is 5.11 Å². The summed E-state index contributed by atoms with van der Waals surface area (Å²) in [6.45, 7) is 4.00.